The van der Waals surface area contributed by atoms with E-state index < -0.39 is 11.6 Å². The summed E-state index contributed by atoms with van der Waals surface area (Å²) >= 11 is 3.04. The van der Waals surface area contributed by atoms with E-state index in [2.05, 4.69) is 20.9 Å². The second-order valence-electron chi connectivity index (χ2n) is 3.43. The zero-order chi connectivity index (χ0) is 13.1. The van der Waals surface area contributed by atoms with Crippen LogP contribution in [0.25, 0.3) is 0 Å². The average molecular weight is 316 g/mol. The minimum absolute atomic E-state index is 0.0383. The van der Waals surface area contributed by atoms with E-state index in [-0.39, 0.29) is 18.2 Å². The van der Waals surface area contributed by atoms with Gasteiger partial charge in [-0.1, -0.05) is 15.9 Å². The Morgan fingerprint density at radius 1 is 1.33 bits per heavy atom. The van der Waals surface area contributed by atoms with Gasteiger partial charge < -0.3 is 9.84 Å². The second kappa shape index (κ2) is 5.41. The first-order chi connectivity index (χ1) is 8.61. The van der Waals surface area contributed by atoms with Crippen molar-refractivity contribution < 1.29 is 18.6 Å². The number of aliphatic hydroxyl groups is 1. The topological polar surface area (TPSA) is 42.4 Å². The largest absolute Gasteiger partial charge is 0.435 e. The Bertz CT molecular complexity index is 578. The van der Waals surface area contributed by atoms with Crippen LogP contribution in [0.1, 0.15) is 5.56 Å². The molecule has 94 valence electrons. The summed E-state index contributed by atoms with van der Waals surface area (Å²) in [5.41, 5.74) is 0.386. The Morgan fingerprint density at radius 3 is 2.83 bits per heavy atom. The van der Waals surface area contributed by atoms with Crippen LogP contribution in [0.15, 0.2) is 34.9 Å². The van der Waals surface area contributed by atoms with E-state index in [1.165, 1.54) is 12.3 Å². The molecule has 1 N–H and O–H groups in total. The fourth-order valence-corrected chi connectivity index (χ4v) is 1.76. The van der Waals surface area contributed by atoms with Crippen LogP contribution in [0.3, 0.4) is 0 Å². The lowest BCUT2D eigenvalue weighted by molar-refractivity contribution is 0.274. The van der Waals surface area contributed by atoms with Gasteiger partial charge in [0.25, 0.3) is 0 Å². The highest BCUT2D eigenvalue weighted by molar-refractivity contribution is 9.10. The minimum Gasteiger partial charge on any atom is -0.435 e. The number of aliphatic hydroxyl groups excluding tert-OH is 1. The van der Waals surface area contributed by atoms with Crippen molar-refractivity contribution in [2.45, 2.75) is 6.61 Å². The van der Waals surface area contributed by atoms with E-state index >= 15 is 0 Å². The SMILES string of the molecule is OCc1cccnc1Oc1cc(Br)cc(F)c1F. The molecule has 0 aliphatic heterocycles. The average Bonchev–Trinajstić information content (AvgIpc) is 2.36. The monoisotopic (exact) mass is 315 g/mol. The summed E-state index contributed by atoms with van der Waals surface area (Å²) in [5.74, 6) is -2.39. The molecule has 0 radical (unpaired) electrons. The van der Waals surface area contributed by atoms with Gasteiger partial charge in [-0.2, -0.15) is 4.39 Å². The van der Waals surface area contributed by atoms with E-state index in [0.29, 0.717) is 10.0 Å². The van der Waals surface area contributed by atoms with Crippen molar-refractivity contribution in [1.82, 2.24) is 4.98 Å². The van der Waals surface area contributed by atoms with E-state index in [0.717, 1.165) is 6.07 Å². The zero-order valence-electron chi connectivity index (χ0n) is 9.03. The highest BCUT2D eigenvalue weighted by atomic mass is 79.9. The van der Waals surface area contributed by atoms with Crippen LogP contribution in [0.5, 0.6) is 11.6 Å². The maximum absolute atomic E-state index is 13.5. The third kappa shape index (κ3) is 2.65. The molecule has 3 nitrogen and oxygen atoms in total. The number of ether oxygens (including phenoxy) is 1. The number of hydrogen-bond donors (Lipinski definition) is 1. The lowest BCUT2D eigenvalue weighted by Gasteiger charge is -2.09. The fourth-order valence-electron chi connectivity index (χ4n) is 1.35. The molecule has 0 fully saturated rings. The highest BCUT2D eigenvalue weighted by Gasteiger charge is 2.14. The van der Waals surface area contributed by atoms with Crippen LogP contribution in [0, 0.1) is 11.6 Å². The number of nitrogens with zero attached hydrogens (tertiary/aromatic N) is 1. The molecule has 0 saturated heterocycles. The van der Waals surface area contributed by atoms with Gasteiger partial charge in [-0.15, -0.1) is 0 Å². The first-order valence-corrected chi connectivity index (χ1v) is 5.78. The summed E-state index contributed by atoms with van der Waals surface area (Å²) in [5, 5.41) is 9.08. The molecule has 6 heteroatoms. The molecular formula is C12H8BrF2NO2. The molecule has 1 aromatic heterocycles. The van der Waals surface area contributed by atoms with E-state index in [1.54, 1.807) is 12.1 Å². The molecule has 0 unspecified atom stereocenters. The lowest BCUT2D eigenvalue weighted by atomic mass is 10.3. The van der Waals surface area contributed by atoms with Crippen LogP contribution in [-0.2, 0) is 6.61 Å². The number of rotatable bonds is 3. The smallest absolute Gasteiger partial charge is 0.224 e. The molecule has 0 spiro atoms. The van der Waals surface area contributed by atoms with Gasteiger partial charge in [-0.3, -0.25) is 0 Å². The van der Waals surface area contributed by atoms with Crippen LogP contribution in [-0.4, -0.2) is 10.1 Å². The maximum atomic E-state index is 13.5. The lowest BCUT2D eigenvalue weighted by Crippen LogP contribution is -1.97. The summed E-state index contributed by atoms with van der Waals surface area (Å²) in [4.78, 5) is 3.86. The fraction of sp³-hybridized carbons (Fsp3) is 0.0833. The van der Waals surface area contributed by atoms with Crippen molar-refractivity contribution in [3.05, 3.63) is 52.1 Å². The van der Waals surface area contributed by atoms with Gasteiger partial charge >= 0.3 is 0 Å². The zero-order valence-corrected chi connectivity index (χ0v) is 10.6. The first kappa shape index (κ1) is 12.9. The van der Waals surface area contributed by atoms with Crippen LogP contribution in [0.2, 0.25) is 0 Å². The molecule has 2 aromatic rings. The Hall–Kier alpha value is -1.53. The molecule has 18 heavy (non-hydrogen) atoms. The predicted molar refractivity (Wildman–Crippen MR) is 64.3 cm³/mol. The number of halogens is 3. The van der Waals surface area contributed by atoms with Gasteiger partial charge in [0.05, 0.1) is 6.61 Å². The van der Waals surface area contributed by atoms with Crippen LogP contribution < -0.4 is 4.74 Å². The standard InChI is InChI=1S/C12H8BrF2NO2/c13-8-4-9(14)11(15)10(5-8)18-12-7(6-17)2-1-3-16-12/h1-5,17H,6H2. The molecular weight excluding hydrogens is 308 g/mol. The Kier molecular flexibility index (Phi) is 3.88. The normalized spacial score (nSPS) is 10.4. The van der Waals surface area contributed by atoms with Crippen molar-refractivity contribution in [3.63, 3.8) is 0 Å². The van der Waals surface area contributed by atoms with E-state index in [4.69, 9.17) is 9.84 Å². The van der Waals surface area contributed by atoms with Crippen molar-refractivity contribution in [2.24, 2.45) is 0 Å². The van der Waals surface area contributed by atoms with Gasteiger partial charge in [0, 0.05) is 16.2 Å². The quantitative estimate of drug-likeness (QED) is 0.883. The molecule has 1 aromatic carbocycles. The molecule has 2 rings (SSSR count). The third-order valence-corrected chi connectivity index (χ3v) is 2.64. The number of aromatic nitrogens is 1. The maximum Gasteiger partial charge on any atom is 0.224 e. The molecule has 0 amide bonds. The summed E-state index contributed by atoms with van der Waals surface area (Å²) in [7, 11) is 0. The van der Waals surface area contributed by atoms with E-state index in [9.17, 15) is 8.78 Å². The number of pyridine rings is 1. The third-order valence-electron chi connectivity index (χ3n) is 2.19. The molecule has 0 saturated carbocycles. The van der Waals surface area contributed by atoms with E-state index in [1.807, 2.05) is 0 Å². The summed E-state index contributed by atoms with van der Waals surface area (Å²) in [6.07, 6.45) is 1.43. The summed E-state index contributed by atoms with van der Waals surface area (Å²) in [6.45, 7) is -0.304. The van der Waals surface area contributed by atoms with Gasteiger partial charge in [-0.05, 0) is 24.3 Å². The Morgan fingerprint density at radius 2 is 2.11 bits per heavy atom. The number of hydrogen-bond acceptors (Lipinski definition) is 3. The highest BCUT2D eigenvalue weighted by Crippen LogP contribution is 2.30. The predicted octanol–water partition coefficient (Wildman–Crippen LogP) is 3.41. The van der Waals surface area contributed by atoms with Gasteiger partial charge in [0.15, 0.2) is 11.6 Å². The minimum atomic E-state index is -1.10. The summed E-state index contributed by atoms with van der Waals surface area (Å²) in [6, 6.07) is 5.46. The van der Waals surface area contributed by atoms with Crippen molar-refractivity contribution >= 4 is 15.9 Å². The first-order valence-electron chi connectivity index (χ1n) is 4.99. The Balaban J connectivity index is 2.40. The molecule has 0 atom stereocenters. The van der Waals surface area contributed by atoms with Crippen LogP contribution in [0.4, 0.5) is 8.78 Å². The summed E-state index contributed by atoms with van der Waals surface area (Å²) < 4.78 is 32.2. The van der Waals surface area contributed by atoms with Crippen LogP contribution >= 0.6 is 15.9 Å². The number of benzene rings is 1. The molecule has 0 aliphatic rings. The van der Waals surface area contributed by atoms with Gasteiger partial charge in [-0.25, -0.2) is 9.37 Å². The molecule has 0 bridgehead atoms. The van der Waals surface area contributed by atoms with Crippen molar-refractivity contribution in [3.8, 4) is 11.6 Å². The molecule has 0 aliphatic carbocycles. The van der Waals surface area contributed by atoms with Crippen molar-refractivity contribution in [2.75, 3.05) is 0 Å². The van der Waals surface area contributed by atoms with Gasteiger partial charge in [0.1, 0.15) is 0 Å². The second-order valence-corrected chi connectivity index (χ2v) is 4.34. The molecule has 1 heterocycles. The van der Waals surface area contributed by atoms with Gasteiger partial charge in [0.2, 0.25) is 11.7 Å². The van der Waals surface area contributed by atoms with Crippen molar-refractivity contribution in [1.29, 1.82) is 0 Å². The Labute approximate surface area is 110 Å².